The number of amides is 1. The minimum atomic E-state index is -0.445. The SMILES string of the molecule is CCOC(=O)c1c(NC(=O)[C@@H](C)Sc2n[nH]c(N)n2)sc2c1CCCC2. The van der Waals surface area contributed by atoms with Gasteiger partial charge in [0.05, 0.1) is 17.4 Å². The molecule has 0 saturated heterocycles. The summed E-state index contributed by atoms with van der Waals surface area (Å²) in [5.41, 5.74) is 7.04. The summed E-state index contributed by atoms with van der Waals surface area (Å²) >= 11 is 2.67. The van der Waals surface area contributed by atoms with Crippen molar-refractivity contribution in [1.29, 1.82) is 0 Å². The van der Waals surface area contributed by atoms with Crippen LogP contribution in [0.1, 0.15) is 47.5 Å². The summed E-state index contributed by atoms with van der Waals surface area (Å²) < 4.78 is 5.21. The number of hydrogen-bond acceptors (Lipinski definition) is 8. The number of thiophene rings is 1. The molecule has 1 aliphatic rings. The molecule has 1 atom stereocenters. The second kappa shape index (κ2) is 8.09. The lowest BCUT2D eigenvalue weighted by molar-refractivity contribution is -0.115. The summed E-state index contributed by atoms with van der Waals surface area (Å²) in [6, 6.07) is 0. The average molecular weight is 396 g/mol. The first-order valence-electron chi connectivity index (χ1n) is 8.46. The van der Waals surface area contributed by atoms with Crippen LogP contribution in [0.3, 0.4) is 0 Å². The van der Waals surface area contributed by atoms with Crippen molar-refractivity contribution in [3.8, 4) is 0 Å². The molecule has 26 heavy (non-hydrogen) atoms. The molecule has 8 nitrogen and oxygen atoms in total. The fraction of sp³-hybridized carbons (Fsp3) is 0.500. The van der Waals surface area contributed by atoms with Gasteiger partial charge in [0.2, 0.25) is 17.0 Å². The first-order chi connectivity index (χ1) is 12.5. The second-order valence-corrected chi connectivity index (χ2v) is 8.30. The predicted octanol–water partition coefficient (Wildman–Crippen LogP) is 2.62. The lowest BCUT2D eigenvalue weighted by Crippen LogP contribution is -2.23. The smallest absolute Gasteiger partial charge is 0.341 e. The number of anilines is 2. The number of carbonyl (C=O) groups is 2. The van der Waals surface area contributed by atoms with Crippen molar-refractivity contribution in [3.63, 3.8) is 0 Å². The maximum absolute atomic E-state index is 12.6. The topological polar surface area (TPSA) is 123 Å². The molecule has 0 bridgehead atoms. The Balaban J connectivity index is 1.78. The Labute approximate surface area is 159 Å². The molecule has 10 heteroatoms. The molecule has 2 aromatic heterocycles. The van der Waals surface area contributed by atoms with E-state index in [0.717, 1.165) is 36.1 Å². The fourth-order valence-corrected chi connectivity index (χ4v) is 4.82. The Morgan fingerprint density at radius 1 is 1.42 bits per heavy atom. The van der Waals surface area contributed by atoms with Crippen LogP contribution in [0.25, 0.3) is 0 Å². The quantitative estimate of drug-likeness (QED) is 0.507. The van der Waals surface area contributed by atoms with E-state index in [4.69, 9.17) is 10.5 Å². The van der Waals surface area contributed by atoms with Crippen molar-refractivity contribution in [2.45, 2.75) is 49.9 Å². The van der Waals surface area contributed by atoms with Gasteiger partial charge in [0, 0.05) is 4.88 Å². The molecule has 0 unspecified atom stereocenters. The monoisotopic (exact) mass is 395 g/mol. The number of aryl methyl sites for hydroxylation is 1. The van der Waals surface area contributed by atoms with Crippen LogP contribution in [-0.4, -0.2) is 38.9 Å². The maximum Gasteiger partial charge on any atom is 0.341 e. The highest BCUT2D eigenvalue weighted by Gasteiger charge is 2.28. The number of hydrogen-bond donors (Lipinski definition) is 3. The Morgan fingerprint density at radius 2 is 2.19 bits per heavy atom. The third-order valence-corrected chi connectivity index (χ3v) is 6.19. The van der Waals surface area contributed by atoms with E-state index in [0.29, 0.717) is 22.3 Å². The van der Waals surface area contributed by atoms with E-state index in [1.807, 2.05) is 0 Å². The van der Waals surface area contributed by atoms with Crippen molar-refractivity contribution >= 4 is 45.9 Å². The second-order valence-electron chi connectivity index (χ2n) is 5.89. The van der Waals surface area contributed by atoms with Crippen molar-refractivity contribution in [2.24, 2.45) is 0 Å². The highest BCUT2D eigenvalue weighted by atomic mass is 32.2. The summed E-state index contributed by atoms with van der Waals surface area (Å²) in [7, 11) is 0. The molecule has 2 aromatic rings. The van der Waals surface area contributed by atoms with E-state index in [1.165, 1.54) is 23.1 Å². The number of carbonyl (C=O) groups excluding carboxylic acids is 2. The molecule has 0 radical (unpaired) electrons. The van der Waals surface area contributed by atoms with Gasteiger partial charge in [0.15, 0.2) is 0 Å². The van der Waals surface area contributed by atoms with E-state index < -0.39 is 5.25 Å². The number of rotatable bonds is 6. The summed E-state index contributed by atoms with van der Waals surface area (Å²) in [6.07, 6.45) is 3.92. The molecule has 1 amide bonds. The Morgan fingerprint density at radius 3 is 2.88 bits per heavy atom. The van der Waals surface area contributed by atoms with Gasteiger partial charge in [-0.1, -0.05) is 11.8 Å². The molecular weight excluding hydrogens is 374 g/mol. The molecule has 140 valence electrons. The van der Waals surface area contributed by atoms with Gasteiger partial charge in [0.25, 0.3) is 0 Å². The summed E-state index contributed by atoms with van der Waals surface area (Å²) in [4.78, 5) is 30.2. The molecule has 1 aliphatic carbocycles. The van der Waals surface area contributed by atoms with Gasteiger partial charge in [0.1, 0.15) is 5.00 Å². The van der Waals surface area contributed by atoms with Crippen LogP contribution in [0.5, 0.6) is 0 Å². The van der Waals surface area contributed by atoms with E-state index >= 15 is 0 Å². The number of nitrogen functional groups attached to an aromatic ring is 1. The van der Waals surface area contributed by atoms with Crippen LogP contribution < -0.4 is 11.1 Å². The van der Waals surface area contributed by atoms with Crippen molar-refractivity contribution in [1.82, 2.24) is 15.2 Å². The van der Waals surface area contributed by atoms with Gasteiger partial charge in [-0.25, -0.2) is 9.89 Å². The number of aromatic nitrogens is 3. The zero-order chi connectivity index (χ0) is 18.7. The molecule has 0 aromatic carbocycles. The zero-order valence-corrected chi connectivity index (χ0v) is 16.3. The number of nitrogens with one attached hydrogen (secondary N) is 2. The van der Waals surface area contributed by atoms with Crippen LogP contribution in [0, 0.1) is 0 Å². The van der Waals surface area contributed by atoms with Crippen molar-refractivity contribution in [2.75, 3.05) is 17.7 Å². The van der Waals surface area contributed by atoms with Crippen LogP contribution >= 0.6 is 23.1 Å². The summed E-state index contributed by atoms with van der Waals surface area (Å²) in [6.45, 7) is 3.83. The number of thioether (sulfide) groups is 1. The van der Waals surface area contributed by atoms with Crippen LogP contribution in [0.4, 0.5) is 10.9 Å². The summed E-state index contributed by atoms with van der Waals surface area (Å²) in [5.74, 6) is -0.387. The van der Waals surface area contributed by atoms with E-state index in [2.05, 4.69) is 20.5 Å². The van der Waals surface area contributed by atoms with Crippen molar-refractivity contribution < 1.29 is 14.3 Å². The third kappa shape index (κ3) is 4.01. The molecule has 0 spiro atoms. The molecule has 0 aliphatic heterocycles. The Kier molecular flexibility index (Phi) is 5.82. The highest BCUT2D eigenvalue weighted by molar-refractivity contribution is 8.00. The normalized spacial score (nSPS) is 14.5. The molecule has 3 rings (SSSR count). The molecular formula is C16H21N5O3S2. The number of ether oxygens (including phenoxy) is 1. The van der Waals surface area contributed by atoms with Crippen LogP contribution in [0.2, 0.25) is 0 Å². The zero-order valence-electron chi connectivity index (χ0n) is 14.6. The Bertz CT molecular complexity index is 817. The number of nitrogens with two attached hydrogens (primary N) is 1. The minimum Gasteiger partial charge on any atom is -0.462 e. The number of nitrogens with zero attached hydrogens (tertiary/aromatic N) is 2. The lowest BCUT2D eigenvalue weighted by Gasteiger charge is -2.13. The largest absolute Gasteiger partial charge is 0.462 e. The third-order valence-electron chi connectivity index (χ3n) is 4.02. The molecule has 2 heterocycles. The molecule has 0 saturated carbocycles. The summed E-state index contributed by atoms with van der Waals surface area (Å²) in [5, 5.41) is 9.88. The first kappa shape index (κ1) is 18.7. The number of fused-ring (bicyclic) bond motifs is 1. The van der Waals surface area contributed by atoms with Gasteiger partial charge >= 0.3 is 5.97 Å². The van der Waals surface area contributed by atoms with E-state index in [1.54, 1.807) is 13.8 Å². The average Bonchev–Trinajstić information content (AvgIpc) is 3.17. The van der Waals surface area contributed by atoms with Crippen molar-refractivity contribution in [3.05, 3.63) is 16.0 Å². The van der Waals surface area contributed by atoms with Gasteiger partial charge < -0.3 is 15.8 Å². The van der Waals surface area contributed by atoms with Gasteiger partial charge in [-0.15, -0.1) is 16.4 Å². The number of aromatic amines is 1. The van der Waals surface area contributed by atoms with E-state index in [9.17, 15) is 9.59 Å². The molecule has 0 fully saturated rings. The van der Waals surface area contributed by atoms with Crippen LogP contribution in [-0.2, 0) is 22.4 Å². The van der Waals surface area contributed by atoms with Crippen LogP contribution in [0.15, 0.2) is 5.16 Å². The lowest BCUT2D eigenvalue weighted by atomic mass is 9.95. The number of H-pyrrole nitrogens is 1. The fourth-order valence-electron chi connectivity index (χ4n) is 2.81. The maximum atomic E-state index is 12.6. The highest BCUT2D eigenvalue weighted by Crippen LogP contribution is 2.39. The first-order valence-corrected chi connectivity index (χ1v) is 10.2. The van der Waals surface area contributed by atoms with E-state index in [-0.39, 0.29) is 17.8 Å². The van der Waals surface area contributed by atoms with Gasteiger partial charge in [-0.2, -0.15) is 4.98 Å². The Hall–Kier alpha value is -2.07. The minimum absolute atomic E-state index is 0.204. The standard InChI is InChI=1S/C16H21N5O3S2/c1-3-24-14(23)11-9-6-4-5-7-10(9)26-13(11)18-12(22)8(2)25-16-19-15(17)20-21-16/h8H,3-7H2,1-2H3,(H,18,22)(H3,17,19,20,21)/t8-/m1/s1. The van der Waals surface area contributed by atoms with Gasteiger partial charge in [-0.3, -0.25) is 4.79 Å². The number of esters is 1. The van der Waals surface area contributed by atoms with Gasteiger partial charge in [-0.05, 0) is 45.1 Å². The predicted molar refractivity (Wildman–Crippen MR) is 102 cm³/mol. The molecule has 4 N–H and O–H groups in total.